The Morgan fingerprint density at radius 3 is 2.85 bits per heavy atom. The molecule has 0 amide bonds. The molecule has 20 heavy (non-hydrogen) atoms. The molecule has 3 aromatic heterocycles. The fourth-order valence-electron chi connectivity index (χ4n) is 1.84. The maximum atomic E-state index is 12.2. The molecule has 0 N–H and O–H groups in total. The van der Waals surface area contributed by atoms with Gasteiger partial charge in [0.1, 0.15) is 10.1 Å². The maximum absolute atomic E-state index is 12.2. The number of pyridine rings is 2. The van der Waals surface area contributed by atoms with Crippen LogP contribution in [0.25, 0.3) is 17.8 Å². The third-order valence-corrected chi connectivity index (χ3v) is 3.57. The number of hydrogen-bond donors (Lipinski definition) is 0. The molecule has 0 saturated carbocycles. The SMILES string of the molecule is O=c1c(Br)c(C=Cc2cccnc2)nc2ccccn12. The Labute approximate surface area is 123 Å². The summed E-state index contributed by atoms with van der Waals surface area (Å²) in [4.78, 5) is 20.7. The van der Waals surface area contributed by atoms with Gasteiger partial charge in [-0.2, -0.15) is 0 Å². The van der Waals surface area contributed by atoms with Gasteiger partial charge in [0.05, 0.1) is 5.69 Å². The van der Waals surface area contributed by atoms with Crippen molar-refractivity contribution >= 4 is 33.7 Å². The van der Waals surface area contributed by atoms with Crippen molar-refractivity contribution in [2.45, 2.75) is 0 Å². The minimum atomic E-state index is -0.124. The fraction of sp³-hybridized carbons (Fsp3) is 0. The molecule has 0 spiro atoms. The first-order valence-corrected chi connectivity index (χ1v) is 6.80. The van der Waals surface area contributed by atoms with Crippen LogP contribution in [-0.4, -0.2) is 14.4 Å². The largest absolute Gasteiger partial charge is 0.272 e. The van der Waals surface area contributed by atoms with E-state index in [2.05, 4.69) is 25.9 Å². The normalized spacial score (nSPS) is 11.2. The van der Waals surface area contributed by atoms with Crippen LogP contribution >= 0.6 is 15.9 Å². The van der Waals surface area contributed by atoms with Gasteiger partial charge >= 0.3 is 0 Å². The molecular formula is C15H10BrN3O. The van der Waals surface area contributed by atoms with Crippen LogP contribution in [-0.2, 0) is 0 Å². The van der Waals surface area contributed by atoms with E-state index in [0.29, 0.717) is 15.8 Å². The van der Waals surface area contributed by atoms with E-state index in [0.717, 1.165) is 5.56 Å². The molecule has 0 fully saturated rings. The van der Waals surface area contributed by atoms with Gasteiger partial charge in [-0.25, -0.2) is 4.98 Å². The molecule has 3 heterocycles. The first-order valence-electron chi connectivity index (χ1n) is 6.01. The minimum Gasteiger partial charge on any atom is -0.268 e. The average molecular weight is 328 g/mol. The van der Waals surface area contributed by atoms with Crippen LogP contribution in [0, 0.1) is 0 Å². The Morgan fingerprint density at radius 2 is 2.05 bits per heavy atom. The molecule has 3 aromatic rings. The van der Waals surface area contributed by atoms with Crippen molar-refractivity contribution in [2.24, 2.45) is 0 Å². The van der Waals surface area contributed by atoms with Crippen molar-refractivity contribution in [1.29, 1.82) is 0 Å². The van der Waals surface area contributed by atoms with Crippen LogP contribution in [0.2, 0.25) is 0 Å². The molecule has 0 aliphatic rings. The fourth-order valence-corrected chi connectivity index (χ4v) is 2.26. The molecule has 0 aromatic carbocycles. The van der Waals surface area contributed by atoms with Crippen molar-refractivity contribution in [1.82, 2.24) is 14.4 Å². The Hall–Kier alpha value is -2.27. The van der Waals surface area contributed by atoms with E-state index in [9.17, 15) is 4.79 Å². The Balaban J connectivity index is 2.11. The van der Waals surface area contributed by atoms with Crippen molar-refractivity contribution in [3.63, 3.8) is 0 Å². The molecule has 3 rings (SSSR count). The zero-order valence-corrected chi connectivity index (χ0v) is 12.0. The first-order chi connectivity index (χ1) is 9.75. The lowest BCUT2D eigenvalue weighted by Gasteiger charge is -2.03. The summed E-state index contributed by atoms with van der Waals surface area (Å²) in [6.45, 7) is 0. The molecule has 0 bridgehead atoms. The number of rotatable bonds is 2. The molecule has 0 atom stereocenters. The number of nitrogens with zero attached hydrogens (tertiary/aromatic N) is 3. The zero-order chi connectivity index (χ0) is 13.9. The summed E-state index contributed by atoms with van der Waals surface area (Å²) < 4.78 is 1.95. The lowest BCUT2D eigenvalue weighted by molar-refractivity contribution is 1.02. The van der Waals surface area contributed by atoms with Gasteiger partial charge in [-0.05, 0) is 45.8 Å². The zero-order valence-electron chi connectivity index (χ0n) is 10.4. The molecule has 5 heteroatoms. The summed E-state index contributed by atoms with van der Waals surface area (Å²) in [5.41, 5.74) is 2.05. The summed E-state index contributed by atoms with van der Waals surface area (Å²) in [7, 11) is 0. The van der Waals surface area contributed by atoms with Gasteiger partial charge in [0.25, 0.3) is 5.56 Å². The van der Waals surface area contributed by atoms with E-state index in [1.54, 1.807) is 36.8 Å². The van der Waals surface area contributed by atoms with Crippen LogP contribution in [0.5, 0.6) is 0 Å². The second-order valence-corrected chi connectivity index (χ2v) is 4.96. The lowest BCUT2D eigenvalue weighted by atomic mass is 10.2. The summed E-state index contributed by atoms with van der Waals surface area (Å²) in [5, 5.41) is 0. The van der Waals surface area contributed by atoms with E-state index in [-0.39, 0.29) is 5.56 Å². The average Bonchev–Trinajstić information content (AvgIpc) is 2.50. The smallest absolute Gasteiger partial charge is 0.268 e. The van der Waals surface area contributed by atoms with Crippen LogP contribution in [0.15, 0.2) is 58.2 Å². The highest BCUT2D eigenvalue weighted by Crippen LogP contribution is 2.14. The molecule has 98 valence electrons. The molecule has 0 unspecified atom stereocenters. The quantitative estimate of drug-likeness (QED) is 0.726. The summed E-state index contributed by atoms with van der Waals surface area (Å²) in [6, 6.07) is 9.25. The number of halogens is 1. The van der Waals surface area contributed by atoms with Gasteiger partial charge < -0.3 is 0 Å². The Kier molecular flexibility index (Phi) is 3.43. The van der Waals surface area contributed by atoms with Gasteiger partial charge in [0.2, 0.25) is 0 Å². The van der Waals surface area contributed by atoms with Gasteiger partial charge in [-0.3, -0.25) is 14.2 Å². The topological polar surface area (TPSA) is 47.3 Å². The molecule has 4 nitrogen and oxygen atoms in total. The number of aromatic nitrogens is 3. The first kappa shape index (κ1) is 12.7. The van der Waals surface area contributed by atoms with Gasteiger partial charge in [0, 0.05) is 18.6 Å². The highest BCUT2D eigenvalue weighted by molar-refractivity contribution is 9.10. The third kappa shape index (κ3) is 2.40. The molecule has 0 aliphatic heterocycles. The predicted molar refractivity (Wildman–Crippen MR) is 82.3 cm³/mol. The Morgan fingerprint density at radius 1 is 1.15 bits per heavy atom. The number of fused-ring (bicyclic) bond motifs is 1. The van der Waals surface area contributed by atoms with Crippen LogP contribution in [0.3, 0.4) is 0 Å². The van der Waals surface area contributed by atoms with Crippen LogP contribution < -0.4 is 5.56 Å². The summed E-state index contributed by atoms with van der Waals surface area (Å²) in [5.74, 6) is 0. The molecule has 0 aliphatic carbocycles. The van der Waals surface area contributed by atoms with Crippen molar-refractivity contribution in [3.05, 3.63) is 75.0 Å². The maximum Gasteiger partial charge on any atom is 0.272 e. The van der Waals surface area contributed by atoms with Gasteiger partial charge in [0.15, 0.2) is 0 Å². The summed E-state index contributed by atoms with van der Waals surface area (Å²) in [6.07, 6.45) is 8.84. The second-order valence-electron chi connectivity index (χ2n) is 4.16. The third-order valence-electron chi connectivity index (χ3n) is 2.82. The van der Waals surface area contributed by atoms with E-state index in [4.69, 9.17) is 0 Å². The van der Waals surface area contributed by atoms with Crippen molar-refractivity contribution in [3.8, 4) is 0 Å². The van der Waals surface area contributed by atoms with Gasteiger partial charge in [-0.1, -0.05) is 18.2 Å². The van der Waals surface area contributed by atoms with E-state index < -0.39 is 0 Å². The molecule has 0 radical (unpaired) electrons. The van der Waals surface area contributed by atoms with Crippen LogP contribution in [0.1, 0.15) is 11.3 Å². The van der Waals surface area contributed by atoms with E-state index in [1.165, 1.54) is 4.40 Å². The molecular weight excluding hydrogens is 318 g/mol. The molecule has 0 saturated heterocycles. The monoisotopic (exact) mass is 327 g/mol. The van der Waals surface area contributed by atoms with Crippen molar-refractivity contribution < 1.29 is 0 Å². The Bertz CT molecular complexity index is 841. The summed E-state index contributed by atoms with van der Waals surface area (Å²) >= 11 is 3.31. The van der Waals surface area contributed by atoms with E-state index >= 15 is 0 Å². The number of hydrogen-bond acceptors (Lipinski definition) is 3. The standard InChI is InChI=1S/C15H10BrN3O/c16-14-12(7-6-11-4-3-8-17-10-11)18-13-5-1-2-9-19(13)15(14)20/h1-10H. The lowest BCUT2D eigenvalue weighted by Crippen LogP contribution is -2.16. The minimum absolute atomic E-state index is 0.124. The predicted octanol–water partition coefficient (Wildman–Crippen LogP) is 3.02. The van der Waals surface area contributed by atoms with Crippen LogP contribution in [0.4, 0.5) is 0 Å². The van der Waals surface area contributed by atoms with E-state index in [1.807, 2.05) is 24.3 Å². The van der Waals surface area contributed by atoms with Crippen molar-refractivity contribution in [2.75, 3.05) is 0 Å². The highest BCUT2D eigenvalue weighted by Gasteiger charge is 2.07. The van der Waals surface area contributed by atoms with Gasteiger partial charge in [-0.15, -0.1) is 0 Å². The second kappa shape index (κ2) is 5.38. The highest BCUT2D eigenvalue weighted by atomic mass is 79.9.